The van der Waals surface area contributed by atoms with Crippen LogP contribution in [0.25, 0.3) is 0 Å². The molecule has 0 aliphatic heterocycles. The van der Waals surface area contributed by atoms with Crippen molar-refractivity contribution in [3.8, 4) is 0 Å². The molecule has 0 aliphatic carbocycles. The largest absolute Gasteiger partial charge is 0.237 e. The van der Waals surface area contributed by atoms with Crippen molar-refractivity contribution < 1.29 is 19.2 Å². The van der Waals surface area contributed by atoms with Gasteiger partial charge in [0.25, 0.3) is 0 Å². The highest BCUT2D eigenvalue weighted by atomic mass is 16.1. The number of hydrogen-bond acceptors (Lipinski definition) is 8. The molecule has 0 spiro atoms. The van der Waals surface area contributed by atoms with E-state index in [1.54, 1.807) is 6.92 Å². The lowest BCUT2D eigenvalue weighted by Gasteiger charge is -2.29. The summed E-state index contributed by atoms with van der Waals surface area (Å²) in [5.74, 6) is -0.246. The second-order valence-corrected chi connectivity index (χ2v) is 5.33. The van der Waals surface area contributed by atoms with Crippen LogP contribution in [-0.2, 0) is 19.2 Å². The summed E-state index contributed by atoms with van der Waals surface area (Å²) < 4.78 is 0. The zero-order valence-corrected chi connectivity index (χ0v) is 12.1. The van der Waals surface area contributed by atoms with Crippen molar-refractivity contribution in [2.45, 2.75) is 45.9 Å². The lowest BCUT2D eigenvalue weighted by atomic mass is 9.79. The summed E-state index contributed by atoms with van der Waals surface area (Å²) in [4.78, 5) is 54.9. The molecule has 21 heavy (non-hydrogen) atoms. The van der Waals surface area contributed by atoms with Crippen LogP contribution in [0.2, 0.25) is 0 Å². The summed E-state index contributed by atoms with van der Waals surface area (Å²) in [7, 11) is 0. The van der Waals surface area contributed by atoms with Crippen molar-refractivity contribution in [1.29, 1.82) is 0 Å². The van der Waals surface area contributed by atoms with Gasteiger partial charge in [-0.05, 0) is 18.3 Å². The Morgan fingerprint density at radius 1 is 0.810 bits per heavy atom. The predicted octanol–water partition coefficient (Wildman–Crippen LogP) is 1.42. The third-order valence-electron chi connectivity index (χ3n) is 2.89. The lowest BCUT2D eigenvalue weighted by Crippen LogP contribution is -2.25. The van der Waals surface area contributed by atoms with Crippen LogP contribution in [0, 0.1) is 11.3 Å². The molecule has 1 unspecified atom stereocenters. The SMILES string of the molecule is CC(CC(C)(C)CC(N=C=O)N=C=O)C(N=C=O)N=C=O. The molecule has 0 aromatic heterocycles. The third kappa shape index (κ3) is 7.63. The first-order chi connectivity index (χ1) is 9.90. The fourth-order valence-corrected chi connectivity index (χ4v) is 2.19. The molecule has 1 atom stereocenters. The summed E-state index contributed by atoms with van der Waals surface area (Å²) in [6.45, 7) is 5.49. The Morgan fingerprint density at radius 2 is 1.24 bits per heavy atom. The Labute approximate surface area is 121 Å². The Balaban J connectivity index is 4.99. The van der Waals surface area contributed by atoms with Gasteiger partial charge in [-0.2, -0.15) is 20.0 Å². The number of nitrogens with zero attached hydrogens (tertiary/aromatic N) is 4. The van der Waals surface area contributed by atoms with Crippen molar-refractivity contribution in [2.75, 3.05) is 0 Å². The fourth-order valence-electron chi connectivity index (χ4n) is 2.19. The van der Waals surface area contributed by atoms with Crippen LogP contribution in [0.5, 0.6) is 0 Å². The maximum atomic E-state index is 10.3. The number of hydrogen-bond donors (Lipinski definition) is 0. The van der Waals surface area contributed by atoms with Gasteiger partial charge in [-0.1, -0.05) is 20.8 Å². The topological polar surface area (TPSA) is 118 Å². The maximum absolute atomic E-state index is 10.3. The number of carbonyl (C=O) groups excluding carboxylic acids is 4. The highest BCUT2D eigenvalue weighted by Gasteiger charge is 2.28. The van der Waals surface area contributed by atoms with Gasteiger partial charge in [0, 0.05) is 5.92 Å². The Kier molecular flexibility index (Phi) is 8.31. The van der Waals surface area contributed by atoms with Crippen LogP contribution < -0.4 is 0 Å². The van der Waals surface area contributed by atoms with Gasteiger partial charge in [-0.15, -0.1) is 0 Å². The molecule has 112 valence electrons. The molecule has 0 aromatic carbocycles. The minimum atomic E-state index is -0.859. The molecule has 0 saturated heterocycles. The molecular formula is C13H16N4O4. The first-order valence-electron chi connectivity index (χ1n) is 6.18. The van der Waals surface area contributed by atoms with Crippen LogP contribution >= 0.6 is 0 Å². The van der Waals surface area contributed by atoms with Crippen molar-refractivity contribution in [3.63, 3.8) is 0 Å². The van der Waals surface area contributed by atoms with Gasteiger partial charge in [0.05, 0.1) is 0 Å². The number of isocyanates is 4. The normalized spacial score (nSPS) is 14.2. The second-order valence-electron chi connectivity index (χ2n) is 5.33. The summed E-state index contributed by atoms with van der Waals surface area (Å²) in [6.07, 6.45) is 4.51. The van der Waals surface area contributed by atoms with E-state index in [1.807, 2.05) is 13.8 Å². The first-order valence-corrected chi connectivity index (χ1v) is 6.18. The van der Waals surface area contributed by atoms with E-state index in [1.165, 1.54) is 24.3 Å². The standard InChI is InChI=1S/C13H16N4O4/c1-10(12(16-8-20)17-9-21)4-13(2,3)5-11(14-6-18)15-7-19/h10-12H,4-5H2,1-3H3. The summed E-state index contributed by atoms with van der Waals surface area (Å²) in [5.41, 5.74) is -0.403. The highest BCUT2D eigenvalue weighted by molar-refractivity contribution is 5.37. The quantitative estimate of drug-likeness (QED) is 0.471. The number of rotatable bonds is 9. The zero-order chi connectivity index (χ0) is 16.3. The van der Waals surface area contributed by atoms with Gasteiger partial charge in [-0.25, -0.2) is 19.2 Å². The van der Waals surface area contributed by atoms with Gasteiger partial charge in [0.2, 0.25) is 24.3 Å². The van der Waals surface area contributed by atoms with Crippen molar-refractivity contribution in [3.05, 3.63) is 0 Å². The molecule has 8 heteroatoms. The zero-order valence-electron chi connectivity index (χ0n) is 12.1. The van der Waals surface area contributed by atoms with Crippen LogP contribution in [0.4, 0.5) is 0 Å². The molecule has 0 radical (unpaired) electrons. The second kappa shape index (κ2) is 9.43. The minimum absolute atomic E-state index is 0.246. The first kappa shape index (κ1) is 18.5. The molecule has 0 bridgehead atoms. The van der Waals surface area contributed by atoms with E-state index >= 15 is 0 Å². The van der Waals surface area contributed by atoms with Gasteiger partial charge < -0.3 is 0 Å². The van der Waals surface area contributed by atoms with E-state index in [9.17, 15) is 19.2 Å². The summed E-state index contributed by atoms with van der Waals surface area (Å²) in [5, 5.41) is 0. The van der Waals surface area contributed by atoms with E-state index in [0.29, 0.717) is 12.8 Å². The molecule has 0 N–H and O–H groups in total. The molecule has 0 amide bonds. The van der Waals surface area contributed by atoms with E-state index in [2.05, 4.69) is 20.0 Å². The van der Waals surface area contributed by atoms with Gasteiger partial charge in [0.15, 0.2) is 12.3 Å². The van der Waals surface area contributed by atoms with E-state index in [-0.39, 0.29) is 5.92 Å². The van der Waals surface area contributed by atoms with Crippen molar-refractivity contribution >= 4 is 24.3 Å². The molecule has 8 nitrogen and oxygen atoms in total. The van der Waals surface area contributed by atoms with E-state index < -0.39 is 17.7 Å². The summed E-state index contributed by atoms with van der Waals surface area (Å²) in [6, 6.07) is 0. The molecule has 0 fully saturated rings. The Hall–Kier alpha value is -2.48. The van der Waals surface area contributed by atoms with Crippen LogP contribution in [0.15, 0.2) is 20.0 Å². The van der Waals surface area contributed by atoms with Crippen molar-refractivity contribution in [2.24, 2.45) is 31.3 Å². The Morgan fingerprint density at radius 3 is 1.62 bits per heavy atom. The Bertz CT molecular complexity index is 498. The molecule has 0 heterocycles. The average molecular weight is 292 g/mol. The van der Waals surface area contributed by atoms with Crippen LogP contribution in [-0.4, -0.2) is 36.7 Å². The van der Waals surface area contributed by atoms with Crippen LogP contribution in [0.1, 0.15) is 33.6 Å². The molecule has 0 saturated carbocycles. The van der Waals surface area contributed by atoms with Crippen molar-refractivity contribution in [1.82, 2.24) is 0 Å². The predicted molar refractivity (Wildman–Crippen MR) is 72.2 cm³/mol. The monoisotopic (exact) mass is 292 g/mol. The van der Waals surface area contributed by atoms with E-state index in [0.717, 1.165) is 0 Å². The summed E-state index contributed by atoms with van der Waals surface area (Å²) >= 11 is 0. The molecule has 0 rings (SSSR count). The van der Waals surface area contributed by atoms with E-state index in [4.69, 9.17) is 0 Å². The molecule has 0 aliphatic rings. The molecule has 0 aromatic rings. The average Bonchev–Trinajstić information content (AvgIpc) is 2.38. The van der Waals surface area contributed by atoms with Gasteiger partial charge in [0.1, 0.15) is 0 Å². The van der Waals surface area contributed by atoms with Gasteiger partial charge >= 0.3 is 0 Å². The smallest absolute Gasteiger partial charge is 0.211 e. The van der Waals surface area contributed by atoms with Gasteiger partial charge in [-0.3, -0.25) is 0 Å². The molecular weight excluding hydrogens is 276 g/mol. The highest BCUT2D eigenvalue weighted by Crippen LogP contribution is 2.33. The minimum Gasteiger partial charge on any atom is -0.211 e. The fraction of sp³-hybridized carbons (Fsp3) is 0.692. The maximum Gasteiger partial charge on any atom is 0.237 e. The number of aliphatic imine (C=N–C) groups is 4. The van der Waals surface area contributed by atoms with Crippen LogP contribution in [0.3, 0.4) is 0 Å². The third-order valence-corrected chi connectivity index (χ3v) is 2.89. The lowest BCUT2D eigenvalue weighted by molar-refractivity contribution is 0.225.